The molecule has 1 rings (SSSR count). The first-order chi connectivity index (χ1) is 9.28. The molecular formula is C14H21N3O2S. The molecule has 0 unspecified atom stereocenters. The molecule has 5 nitrogen and oxygen atoms in total. The van der Waals surface area contributed by atoms with Crippen molar-refractivity contribution in [1.82, 2.24) is 4.31 Å². The van der Waals surface area contributed by atoms with Gasteiger partial charge in [0.25, 0.3) is 0 Å². The Kier molecular flexibility index (Phi) is 5.28. The lowest BCUT2D eigenvalue weighted by Gasteiger charge is -2.30. The summed E-state index contributed by atoms with van der Waals surface area (Å²) < 4.78 is 26.7. The number of nitrogens with zero attached hydrogens (tertiary/aromatic N) is 2. The van der Waals surface area contributed by atoms with Gasteiger partial charge in [0, 0.05) is 13.1 Å². The van der Waals surface area contributed by atoms with E-state index in [1.54, 1.807) is 19.1 Å². The van der Waals surface area contributed by atoms with E-state index >= 15 is 0 Å². The summed E-state index contributed by atoms with van der Waals surface area (Å²) in [6.07, 6.45) is 0. The molecule has 0 bridgehead atoms. The maximum atomic E-state index is 12.7. The van der Waals surface area contributed by atoms with Crippen molar-refractivity contribution >= 4 is 10.0 Å². The van der Waals surface area contributed by atoms with Crippen molar-refractivity contribution in [3.8, 4) is 6.07 Å². The van der Waals surface area contributed by atoms with Crippen LogP contribution in [0, 0.1) is 16.7 Å². The molecule has 0 aliphatic rings. The lowest BCUT2D eigenvalue weighted by Crippen LogP contribution is -2.42. The van der Waals surface area contributed by atoms with Crippen molar-refractivity contribution in [2.45, 2.75) is 25.7 Å². The molecule has 6 heteroatoms. The molecule has 0 aromatic heterocycles. The van der Waals surface area contributed by atoms with Crippen LogP contribution in [0.15, 0.2) is 29.2 Å². The van der Waals surface area contributed by atoms with Gasteiger partial charge < -0.3 is 5.73 Å². The van der Waals surface area contributed by atoms with E-state index in [2.05, 4.69) is 0 Å². The van der Waals surface area contributed by atoms with E-state index in [4.69, 9.17) is 11.0 Å². The molecule has 0 spiro atoms. The van der Waals surface area contributed by atoms with E-state index < -0.39 is 10.0 Å². The third-order valence-electron chi connectivity index (χ3n) is 3.14. The Morgan fingerprint density at radius 3 is 2.45 bits per heavy atom. The number of nitrogens with two attached hydrogens (primary N) is 1. The van der Waals surface area contributed by atoms with Gasteiger partial charge in [-0.15, -0.1) is 0 Å². The highest BCUT2D eigenvalue weighted by molar-refractivity contribution is 7.89. The van der Waals surface area contributed by atoms with E-state index in [9.17, 15) is 8.42 Å². The number of hydrogen-bond acceptors (Lipinski definition) is 4. The fourth-order valence-corrected chi connectivity index (χ4v) is 3.61. The van der Waals surface area contributed by atoms with Gasteiger partial charge in [0.1, 0.15) is 6.07 Å². The summed E-state index contributed by atoms with van der Waals surface area (Å²) >= 11 is 0. The van der Waals surface area contributed by atoms with Crippen molar-refractivity contribution in [3.63, 3.8) is 0 Å². The largest absolute Gasteiger partial charge is 0.330 e. The zero-order chi connectivity index (χ0) is 15.4. The molecule has 0 aliphatic heterocycles. The van der Waals surface area contributed by atoms with Crippen LogP contribution in [0.25, 0.3) is 0 Å². The number of sulfonamides is 1. The van der Waals surface area contributed by atoms with E-state index in [0.717, 1.165) is 0 Å². The highest BCUT2D eigenvalue weighted by Gasteiger charge is 2.30. The van der Waals surface area contributed by atoms with E-state index in [1.165, 1.54) is 16.4 Å². The quantitative estimate of drug-likeness (QED) is 0.862. The minimum Gasteiger partial charge on any atom is -0.330 e. The third-order valence-corrected chi connectivity index (χ3v) is 5.11. The SMILES string of the molecule is CCN(CC(C)(C)CN)S(=O)(=O)c1ccccc1C#N. The number of rotatable bonds is 6. The summed E-state index contributed by atoms with van der Waals surface area (Å²) in [5.74, 6) is 0. The van der Waals surface area contributed by atoms with Crippen LogP contribution in [0.4, 0.5) is 0 Å². The molecule has 20 heavy (non-hydrogen) atoms. The second-order valence-corrected chi connectivity index (χ2v) is 7.31. The molecule has 110 valence electrons. The average molecular weight is 295 g/mol. The van der Waals surface area contributed by atoms with Gasteiger partial charge in [-0.2, -0.15) is 9.57 Å². The number of hydrogen-bond donors (Lipinski definition) is 1. The maximum Gasteiger partial charge on any atom is 0.244 e. The van der Waals surface area contributed by atoms with Crippen molar-refractivity contribution < 1.29 is 8.42 Å². The molecule has 0 amide bonds. The smallest absolute Gasteiger partial charge is 0.244 e. The van der Waals surface area contributed by atoms with E-state index in [-0.39, 0.29) is 15.9 Å². The molecule has 2 N–H and O–H groups in total. The first-order valence-corrected chi connectivity index (χ1v) is 7.92. The van der Waals surface area contributed by atoms with Crippen LogP contribution in [0.1, 0.15) is 26.3 Å². The topological polar surface area (TPSA) is 87.2 Å². The Hall–Kier alpha value is -1.42. The molecule has 0 saturated heterocycles. The van der Waals surface area contributed by atoms with Crippen molar-refractivity contribution in [1.29, 1.82) is 5.26 Å². The normalized spacial score (nSPS) is 12.4. The Labute approximate surface area is 121 Å². The van der Waals surface area contributed by atoms with E-state index in [0.29, 0.717) is 19.6 Å². The first kappa shape index (κ1) is 16.6. The van der Waals surface area contributed by atoms with Gasteiger partial charge in [-0.25, -0.2) is 8.42 Å². The Balaban J connectivity index is 3.23. The average Bonchev–Trinajstić information content (AvgIpc) is 2.44. The van der Waals surface area contributed by atoms with Gasteiger partial charge in [0.2, 0.25) is 10.0 Å². The van der Waals surface area contributed by atoms with Crippen LogP contribution in [-0.4, -0.2) is 32.4 Å². The highest BCUT2D eigenvalue weighted by atomic mass is 32.2. The predicted octanol–water partition coefficient (Wildman–Crippen LogP) is 1.55. The van der Waals surface area contributed by atoms with Gasteiger partial charge in [-0.3, -0.25) is 0 Å². The molecule has 1 aromatic rings. The van der Waals surface area contributed by atoms with Gasteiger partial charge in [0.05, 0.1) is 10.5 Å². The zero-order valence-electron chi connectivity index (χ0n) is 12.1. The summed E-state index contributed by atoms with van der Waals surface area (Å²) in [4.78, 5) is 0.0529. The lowest BCUT2D eigenvalue weighted by molar-refractivity contribution is 0.273. The maximum absolute atomic E-state index is 12.7. The van der Waals surface area contributed by atoms with Crippen LogP contribution < -0.4 is 5.73 Å². The van der Waals surface area contributed by atoms with Crippen LogP contribution in [0.5, 0.6) is 0 Å². The molecule has 0 heterocycles. The monoisotopic (exact) mass is 295 g/mol. The molecule has 0 atom stereocenters. The Morgan fingerprint density at radius 2 is 1.95 bits per heavy atom. The molecule has 0 fully saturated rings. The summed E-state index contributed by atoms with van der Waals surface area (Å²) in [6, 6.07) is 8.17. The summed E-state index contributed by atoms with van der Waals surface area (Å²) in [5.41, 5.74) is 5.52. The van der Waals surface area contributed by atoms with Gasteiger partial charge in [-0.1, -0.05) is 32.9 Å². The molecular weight excluding hydrogens is 274 g/mol. The fourth-order valence-electron chi connectivity index (χ4n) is 1.83. The Morgan fingerprint density at radius 1 is 1.35 bits per heavy atom. The summed E-state index contributed by atoms with van der Waals surface area (Å²) in [7, 11) is -3.68. The summed E-state index contributed by atoms with van der Waals surface area (Å²) in [5, 5.41) is 9.06. The lowest BCUT2D eigenvalue weighted by atomic mass is 9.94. The van der Waals surface area contributed by atoms with Crippen LogP contribution in [0.2, 0.25) is 0 Å². The Bertz CT molecular complexity index is 603. The van der Waals surface area contributed by atoms with Crippen molar-refractivity contribution in [2.75, 3.05) is 19.6 Å². The van der Waals surface area contributed by atoms with Gasteiger partial charge >= 0.3 is 0 Å². The third kappa shape index (κ3) is 3.57. The summed E-state index contributed by atoms with van der Waals surface area (Å²) in [6.45, 7) is 6.66. The van der Waals surface area contributed by atoms with Gasteiger partial charge in [-0.05, 0) is 24.1 Å². The van der Waals surface area contributed by atoms with Crippen molar-refractivity contribution in [2.24, 2.45) is 11.1 Å². The van der Waals surface area contributed by atoms with Crippen LogP contribution >= 0.6 is 0 Å². The van der Waals surface area contributed by atoms with Gasteiger partial charge in [0.15, 0.2) is 0 Å². The van der Waals surface area contributed by atoms with Crippen molar-refractivity contribution in [3.05, 3.63) is 29.8 Å². The fraction of sp³-hybridized carbons (Fsp3) is 0.500. The second-order valence-electron chi connectivity index (χ2n) is 5.41. The minimum atomic E-state index is -3.68. The molecule has 0 saturated carbocycles. The highest BCUT2D eigenvalue weighted by Crippen LogP contribution is 2.23. The standard InChI is InChI=1S/C14H21N3O2S/c1-4-17(11-14(2,3)10-16)20(18,19)13-8-6-5-7-12(13)9-15/h5-8H,4,10-11,16H2,1-3H3. The minimum absolute atomic E-state index is 0.0529. The first-order valence-electron chi connectivity index (χ1n) is 6.48. The molecule has 1 aromatic carbocycles. The van der Waals surface area contributed by atoms with Crippen LogP contribution in [-0.2, 0) is 10.0 Å². The van der Waals surface area contributed by atoms with Crippen LogP contribution in [0.3, 0.4) is 0 Å². The zero-order valence-corrected chi connectivity index (χ0v) is 12.9. The predicted molar refractivity (Wildman–Crippen MR) is 78.4 cm³/mol. The molecule has 0 radical (unpaired) electrons. The number of nitriles is 1. The van der Waals surface area contributed by atoms with E-state index in [1.807, 2.05) is 19.9 Å². The number of benzene rings is 1. The molecule has 0 aliphatic carbocycles. The second kappa shape index (κ2) is 6.35.